The van der Waals surface area contributed by atoms with Crippen LogP contribution in [-0.2, 0) is 0 Å². The van der Waals surface area contributed by atoms with Gasteiger partial charge in [-0.3, -0.25) is 0 Å². The molecule has 3 heteroatoms. The fourth-order valence-corrected chi connectivity index (χ4v) is 2.90. The van der Waals surface area contributed by atoms with E-state index in [-0.39, 0.29) is 6.10 Å². The number of fused-ring (bicyclic) bond motifs is 1. The van der Waals surface area contributed by atoms with Crippen LogP contribution < -0.4 is 4.74 Å². The number of hydrogen-bond acceptors (Lipinski definition) is 3. The van der Waals surface area contributed by atoms with Gasteiger partial charge in [0.2, 0.25) is 0 Å². The maximum Gasteiger partial charge on any atom is 0.122 e. The minimum Gasteiger partial charge on any atom is -0.493 e. The number of likely N-dealkylation sites (tertiary alicyclic amines) is 1. The maximum absolute atomic E-state index is 9.56. The van der Waals surface area contributed by atoms with Gasteiger partial charge in [0.1, 0.15) is 5.75 Å². The minimum atomic E-state index is -0.120. The highest BCUT2D eigenvalue weighted by atomic mass is 16.5. The summed E-state index contributed by atoms with van der Waals surface area (Å²) in [4.78, 5) is 2.37. The Morgan fingerprint density at radius 1 is 1.29 bits per heavy atom. The first-order valence-electron chi connectivity index (χ1n) is 6.45. The topological polar surface area (TPSA) is 32.7 Å². The van der Waals surface area contributed by atoms with Crippen LogP contribution in [-0.4, -0.2) is 42.4 Å². The van der Waals surface area contributed by atoms with Crippen molar-refractivity contribution in [1.82, 2.24) is 4.90 Å². The molecule has 2 aliphatic rings. The van der Waals surface area contributed by atoms with E-state index in [4.69, 9.17) is 4.74 Å². The van der Waals surface area contributed by atoms with E-state index in [0.717, 1.165) is 44.8 Å². The van der Waals surface area contributed by atoms with Crippen LogP contribution in [0.4, 0.5) is 0 Å². The first kappa shape index (κ1) is 11.1. The first-order valence-corrected chi connectivity index (χ1v) is 6.45. The quantitative estimate of drug-likeness (QED) is 0.842. The van der Waals surface area contributed by atoms with Crippen molar-refractivity contribution in [2.75, 3.05) is 26.2 Å². The molecule has 1 aromatic rings. The molecule has 3 nitrogen and oxygen atoms in total. The normalized spacial score (nSPS) is 28.8. The van der Waals surface area contributed by atoms with Crippen molar-refractivity contribution in [1.29, 1.82) is 0 Å². The third-order valence-electron chi connectivity index (χ3n) is 3.81. The van der Waals surface area contributed by atoms with E-state index >= 15 is 0 Å². The van der Waals surface area contributed by atoms with Gasteiger partial charge in [0, 0.05) is 25.6 Å². The number of nitrogens with zero attached hydrogens (tertiary/aromatic N) is 1. The lowest BCUT2D eigenvalue weighted by molar-refractivity contribution is 0.169. The van der Waals surface area contributed by atoms with Gasteiger partial charge in [-0.2, -0.15) is 0 Å². The molecule has 2 atom stereocenters. The number of aliphatic hydroxyl groups excluding tert-OH is 1. The van der Waals surface area contributed by atoms with Crippen molar-refractivity contribution in [3.05, 3.63) is 29.8 Å². The molecule has 1 N–H and O–H groups in total. The summed E-state index contributed by atoms with van der Waals surface area (Å²) in [6.45, 7) is 3.73. The summed E-state index contributed by atoms with van der Waals surface area (Å²) in [5, 5.41) is 9.56. The van der Waals surface area contributed by atoms with Gasteiger partial charge >= 0.3 is 0 Å². The summed E-state index contributed by atoms with van der Waals surface area (Å²) >= 11 is 0. The van der Waals surface area contributed by atoms with Crippen LogP contribution in [0.2, 0.25) is 0 Å². The second-order valence-corrected chi connectivity index (χ2v) is 5.07. The Morgan fingerprint density at radius 2 is 2.18 bits per heavy atom. The highest BCUT2D eigenvalue weighted by molar-refractivity contribution is 5.37. The summed E-state index contributed by atoms with van der Waals surface area (Å²) in [5.41, 5.74) is 1.33. The molecule has 0 bridgehead atoms. The Balaban J connectivity index is 1.72. The van der Waals surface area contributed by atoms with E-state index in [1.165, 1.54) is 5.56 Å². The first-order chi connectivity index (χ1) is 8.33. The minimum absolute atomic E-state index is 0.120. The molecular formula is C14H19NO2. The molecule has 0 saturated carbocycles. The van der Waals surface area contributed by atoms with Gasteiger partial charge in [-0.15, -0.1) is 0 Å². The summed E-state index contributed by atoms with van der Waals surface area (Å²) < 4.78 is 5.67. The summed E-state index contributed by atoms with van der Waals surface area (Å²) in [6, 6.07) is 8.34. The average Bonchev–Trinajstić information content (AvgIpc) is 2.75. The van der Waals surface area contributed by atoms with Crippen molar-refractivity contribution in [2.24, 2.45) is 0 Å². The lowest BCUT2D eigenvalue weighted by Gasteiger charge is -2.29. The van der Waals surface area contributed by atoms with E-state index in [1.54, 1.807) is 0 Å². The molecule has 17 heavy (non-hydrogen) atoms. The number of ether oxygens (including phenoxy) is 1. The van der Waals surface area contributed by atoms with Gasteiger partial charge in [-0.25, -0.2) is 0 Å². The van der Waals surface area contributed by atoms with Crippen molar-refractivity contribution in [3.63, 3.8) is 0 Å². The molecule has 92 valence electrons. The standard InChI is InChI=1S/C14H19NO2/c16-12-5-7-15(10-12)9-11-6-8-17-14-4-2-1-3-13(11)14/h1-4,11-12,16H,5-10H2/t11?,12-/m1/s1. The lowest BCUT2D eigenvalue weighted by Crippen LogP contribution is -2.30. The predicted molar refractivity (Wildman–Crippen MR) is 66.4 cm³/mol. The monoisotopic (exact) mass is 233 g/mol. The molecule has 2 aliphatic heterocycles. The van der Waals surface area contributed by atoms with Crippen LogP contribution in [0.15, 0.2) is 24.3 Å². The number of aliphatic hydroxyl groups is 1. The van der Waals surface area contributed by atoms with Crippen LogP contribution in [0, 0.1) is 0 Å². The summed E-state index contributed by atoms with van der Waals surface area (Å²) in [6.07, 6.45) is 1.89. The van der Waals surface area contributed by atoms with Crippen molar-refractivity contribution < 1.29 is 9.84 Å². The molecule has 0 spiro atoms. The Labute approximate surface area is 102 Å². The Bertz CT molecular complexity index is 394. The third kappa shape index (κ3) is 2.31. The fraction of sp³-hybridized carbons (Fsp3) is 0.571. The Morgan fingerprint density at radius 3 is 3.00 bits per heavy atom. The van der Waals surface area contributed by atoms with Gasteiger partial charge in [-0.05, 0) is 24.5 Å². The summed E-state index contributed by atoms with van der Waals surface area (Å²) in [7, 11) is 0. The second kappa shape index (κ2) is 4.67. The second-order valence-electron chi connectivity index (χ2n) is 5.07. The molecule has 0 aliphatic carbocycles. The zero-order valence-electron chi connectivity index (χ0n) is 10.0. The average molecular weight is 233 g/mol. The highest BCUT2D eigenvalue weighted by Crippen LogP contribution is 2.34. The Hall–Kier alpha value is -1.06. The van der Waals surface area contributed by atoms with Gasteiger partial charge < -0.3 is 14.7 Å². The number of rotatable bonds is 2. The largest absolute Gasteiger partial charge is 0.493 e. The lowest BCUT2D eigenvalue weighted by atomic mass is 9.93. The van der Waals surface area contributed by atoms with Gasteiger partial charge in [-0.1, -0.05) is 18.2 Å². The maximum atomic E-state index is 9.56. The van der Waals surface area contributed by atoms with Gasteiger partial charge in [0.15, 0.2) is 0 Å². The van der Waals surface area contributed by atoms with Crippen molar-refractivity contribution in [3.8, 4) is 5.75 Å². The molecular weight excluding hydrogens is 214 g/mol. The van der Waals surface area contributed by atoms with Crippen LogP contribution >= 0.6 is 0 Å². The van der Waals surface area contributed by atoms with Gasteiger partial charge in [0.05, 0.1) is 12.7 Å². The smallest absolute Gasteiger partial charge is 0.122 e. The molecule has 0 aromatic heterocycles. The van der Waals surface area contributed by atoms with E-state index in [1.807, 2.05) is 6.07 Å². The van der Waals surface area contributed by atoms with E-state index < -0.39 is 0 Å². The fourth-order valence-electron chi connectivity index (χ4n) is 2.90. The molecule has 1 unspecified atom stereocenters. The van der Waals surface area contributed by atoms with E-state index in [2.05, 4.69) is 23.1 Å². The van der Waals surface area contributed by atoms with E-state index in [0.29, 0.717) is 5.92 Å². The summed E-state index contributed by atoms with van der Waals surface area (Å²) in [5.74, 6) is 1.61. The molecule has 0 radical (unpaired) electrons. The van der Waals surface area contributed by atoms with E-state index in [9.17, 15) is 5.11 Å². The zero-order chi connectivity index (χ0) is 11.7. The highest BCUT2D eigenvalue weighted by Gasteiger charge is 2.27. The van der Waals surface area contributed by atoms with Crippen LogP contribution in [0.1, 0.15) is 24.3 Å². The molecule has 2 heterocycles. The van der Waals surface area contributed by atoms with Crippen LogP contribution in [0.25, 0.3) is 0 Å². The number of benzene rings is 1. The molecule has 1 aromatic carbocycles. The Kier molecular flexibility index (Phi) is 3.04. The SMILES string of the molecule is O[C@@H]1CCN(CC2CCOc3ccccc32)C1. The number of β-amino-alcohol motifs (C(OH)–C–C–N with tert-alkyl or cyclic N) is 1. The molecule has 1 saturated heterocycles. The molecule has 1 fully saturated rings. The van der Waals surface area contributed by atoms with Crippen LogP contribution in [0.5, 0.6) is 5.75 Å². The third-order valence-corrected chi connectivity index (χ3v) is 3.81. The number of para-hydroxylation sites is 1. The van der Waals surface area contributed by atoms with Crippen molar-refractivity contribution >= 4 is 0 Å². The van der Waals surface area contributed by atoms with Crippen molar-refractivity contribution in [2.45, 2.75) is 24.9 Å². The molecule has 3 rings (SSSR count). The predicted octanol–water partition coefficient (Wildman–Crippen LogP) is 1.62. The van der Waals surface area contributed by atoms with Gasteiger partial charge in [0.25, 0.3) is 0 Å². The van der Waals surface area contributed by atoms with Crippen LogP contribution in [0.3, 0.4) is 0 Å². The zero-order valence-corrected chi connectivity index (χ0v) is 10.0. The number of hydrogen-bond donors (Lipinski definition) is 1. The molecule has 0 amide bonds.